The molecule has 0 bridgehead atoms. The first kappa shape index (κ1) is 10.7. The summed E-state index contributed by atoms with van der Waals surface area (Å²) >= 11 is 0. The smallest absolute Gasteiger partial charge is 0.0564 e. The van der Waals surface area contributed by atoms with Crippen molar-refractivity contribution in [3.05, 3.63) is 0 Å². The van der Waals surface area contributed by atoms with E-state index in [0.717, 1.165) is 0 Å². The van der Waals surface area contributed by atoms with Crippen molar-refractivity contribution in [3.8, 4) is 0 Å². The first-order valence-electron chi connectivity index (χ1n) is 2.01. The molecule has 0 aliphatic carbocycles. The molecule has 0 heterocycles. The molecule has 3 nitrogen and oxygen atoms in total. The van der Waals surface area contributed by atoms with Gasteiger partial charge in [-0.1, -0.05) is 0 Å². The van der Waals surface area contributed by atoms with Crippen molar-refractivity contribution in [2.24, 2.45) is 0 Å². The fraction of sp³-hybridized carbons (Fsp3) is 0.750. The van der Waals surface area contributed by atoms with Crippen molar-refractivity contribution >= 4 is 5.97 Å². The second-order valence-corrected chi connectivity index (χ2v) is 1.43. The Morgan fingerprint density at radius 2 is 2.25 bits per heavy atom. The maximum Gasteiger partial charge on any atom is 0.0564 e. The van der Waals surface area contributed by atoms with Crippen LogP contribution >= 0.6 is 0 Å². The number of rotatable bonds is 2. The van der Waals surface area contributed by atoms with E-state index in [1.54, 1.807) is 0 Å². The summed E-state index contributed by atoms with van der Waals surface area (Å²) in [4.78, 5) is 9.54. The minimum absolute atomic E-state index is 0. The third-order valence-corrected chi connectivity index (χ3v) is 0.462. The molecular formula is C4H7ClO3-2. The molecule has 0 saturated carbocycles. The summed E-state index contributed by atoms with van der Waals surface area (Å²) in [7, 11) is 0. The van der Waals surface area contributed by atoms with Gasteiger partial charge in [0.15, 0.2) is 0 Å². The van der Waals surface area contributed by atoms with E-state index < -0.39 is 12.1 Å². The van der Waals surface area contributed by atoms with Crippen LogP contribution in [-0.4, -0.2) is 17.2 Å². The number of hydrogen-bond acceptors (Lipinski definition) is 3. The number of carbonyl (C=O) groups excluding carboxylic acids is 1. The molecule has 0 aromatic rings. The van der Waals surface area contributed by atoms with E-state index in [0.29, 0.717) is 0 Å². The Bertz CT molecular complexity index is 71.7. The second kappa shape index (κ2) is 4.87. The van der Waals surface area contributed by atoms with Crippen molar-refractivity contribution in [3.63, 3.8) is 0 Å². The molecule has 0 fully saturated rings. The number of carboxylic acid groups (broad SMARTS) is 1. The Hall–Kier alpha value is -0.280. The average molecular weight is 139 g/mol. The van der Waals surface area contributed by atoms with Gasteiger partial charge in [0.05, 0.1) is 6.10 Å². The van der Waals surface area contributed by atoms with Crippen molar-refractivity contribution in [2.75, 3.05) is 0 Å². The highest BCUT2D eigenvalue weighted by atomic mass is 35.5. The highest BCUT2D eigenvalue weighted by molar-refractivity contribution is 5.64. The highest BCUT2D eigenvalue weighted by Gasteiger charge is 1.91. The largest absolute Gasteiger partial charge is 1.00 e. The lowest BCUT2D eigenvalue weighted by Gasteiger charge is -2.01. The van der Waals surface area contributed by atoms with Gasteiger partial charge in [-0.3, -0.25) is 0 Å². The van der Waals surface area contributed by atoms with Gasteiger partial charge in [-0.25, -0.2) is 0 Å². The highest BCUT2D eigenvalue weighted by Crippen LogP contribution is 1.83. The van der Waals surface area contributed by atoms with Crippen LogP contribution in [0.25, 0.3) is 0 Å². The molecule has 1 atom stereocenters. The van der Waals surface area contributed by atoms with Gasteiger partial charge in [0.25, 0.3) is 0 Å². The van der Waals surface area contributed by atoms with Gasteiger partial charge in [-0.05, 0) is 6.92 Å². The van der Waals surface area contributed by atoms with E-state index in [-0.39, 0.29) is 18.8 Å². The van der Waals surface area contributed by atoms with Crippen LogP contribution < -0.4 is 17.5 Å². The monoisotopic (exact) mass is 138 g/mol. The van der Waals surface area contributed by atoms with Crippen molar-refractivity contribution < 1.29 is 27.4 Å². The molecule has 0 amide bonds. The van der Waals surface area contributed by atoms with Crippen LogP contribution in [0, 0.1) is 0 Å². The summed E-state index contributed by atoms with van der Waals surface area (Å²) in [6.07, 6.45) is -1.06. The zero-order valence-corrected chi connectivity index (χ0v) is 5.18. The lowest BCUT2D eigenvalue weighted by atomic mass is 10.3. The number of halogens is 1. The Balaban J connectivity index is 0. The number of carboxylic acids is 1. The molecule has 4 heteroatoms. The molecule has 8 heavy (non-hydrogen) atoms. The molecule has 0 saturated heterocycles. The molecule has 0 radical (unpaired) electrons. The summed E-state index contributed by atoms with van der Waals surface area (Å²) in [6, 6.07) is 0. The summed E-state index contributed by atoms with van der Waals surface area (Å²) in [5, 5.41) is 17.8. The lowest BCUT2D eigenvalue weighted by Crippen LogP contribution is -3.00. The van der Waals surface area contributed by atoms with E-state index in [2.05, 4.69) is 0 Å². The minimum atomic E-state index is -1.21. The summed E-state index contributed by atoms with van der Waals surface area (Å²) in [5.41, 5.74) is 0. The van der Waals surface area contributed by atoms with E-state index >= 15 is 0 Å². The molecule has 1 unspecified atom stereocenters. The summed E-state index contributed by atoms with van der Waals surface area (Å²) in [5.74, 6) is -1.21. The van der Waals surface area contributed by atoms with Crippen LogP contribution in [0.5, 0.6) is 0 Å². The molecule has 0 aliphatic rings. The van der Waals surface area contributed by atoms with Gasteiger partial charge < -0.3 is 27.4 Å². The van der Waals surface area contributed by atoms with Gasteiger partial charge in [0.1, 0.15) is 0 Å². The zero-order chi connectivity index (χ0) is 5.86. The van der Waals surface area contributed by atoms with Crippen LogP contribution in [0.15, 0.2) is 0 Å². The summed E-state index contributed by atoms with van der Waals surface area (Å²) < 4.78 is 0. The molecule has 0 aliphatic heterocycles. The maximum absolute atomic E-state index is 9.54. The molecule has 50 valence electrons. The number of carbonyl (C=O) groups is 1. The van der Waals surface area contributed by atoms with Gasteiger partial charge in [0.2, 0.25) is 0 Å². The molecule has 0 aromatic carbocycles. The predicted molar refractivity (Wildman–Crippen MR) is 21.3 cm³/mol. The number of aliphatic hydroxyl groups excluding tert-OH is 1. The second-order valence-electron chi connectivity index (χ2n) is 1.43. The van der Waals surface area contributed by atoms with E-state index in [1.807, 2.05) is 0 Å². The molecule has 0 spiro atoms. The van der Waals surface area contributed by atoms with E-state index in [9.17, 15) is 9.90 Å². The predicted octanol–water partition coefficient (Wildman–Crippen LogP) is -4.49. The number of hydrogen-bond donors (Lipinski definition) is 1. The quantitative estimate of drug-likeness (QED) is 0.419. The molecular weight excluding hydrogens is 131 g/mol. The summed E-state index contributed by atoms with van der Waals surface area (Å²) in [6.45, 7) is 1.40. The topological polar surface area (TPSA) is 60.4 Å². The zero-order valence-electron chi connectivity index (χ0n) is 4.43. The Kier molecular flexibility index (Phi) is 6.48. The fourth-order valence-corrected chi connectivity index (χ4v) is 0.241. The lowest BCUT2D eigenvalue weighted by molar-refractivity contribution is -0.307. The Labute approximate surface area is 53.7 Å². The van der Waals surface area contributed by atoms with Gasteiger partial charge >= 0.3 is 0 Å². The number of aliphatic carboxylic acids is 1. The Morgan fingerprint density at radius 3 is 2.25 bits per heavy atom. The fourth-order valence-electron chi connectivity index (χ4n) is 0.241. The maximum atomic E-state index is 9.54. The van der Waals surface area contributed by atoms with Crippen LogP contribution in [-0.2, 0) is 4.79 Å². The van der Waals surface area contributed by atoms with Crippen LogP contribution in [0.1, 0.15) is 13.3 Å². The van der Waals surface area contributed by atoms with Gasteiger partial charge in [-0.2, -0.15) is 0 Å². The third kappa shape index (κ3) is 9.21. The van der Waals surface area contributed by atoms with E-state index in [4.69, 9.17) is 5.11 Å². The third-order valence-electron chi connectivity index (χ3n) is 0.462. The van der Waals surface area contributed by atoms with Gasteiger partial charge in [0, 0.05) is 12.4 Å². The molecule has 0 aromatic heterocycles. The van der Waals surface area contributed by atoms with E-state index in [1.165, 1.54) is 6.92 Å². The normalized spacial score (nSPS) is 11.8. The van der Waals surface area contributed by atoms with Gasteiger partial charge in [-0.15, -0.1) is 0 Å². The molecule has 0 rings (SSSR count). The van der Waals surface area contributed by atoms with Crippen LogP contribution in [0.3, 0.4) is 0 Å². The van der Waals surface area contributed by atoms with Crippen molar-refractivity contribution in [2.45, 2.75) is 19.4 Å². The van der Waals surface area contributed by atoms with Crippen LogP contribution in [0.4, 0.5) is 0 Å². The SMILES string of the molecule is CC(O)CC(=O)[O-].[Cl-]. The Morgan fingerprint density at radius 1 is 1.88 bits per heavy atom. The standard InChI is InChI=1S/C4H8O3.ClH/c1-3(5)2-4(6)7;/h3,5H,2H2,1H3,(H,6,7);1H/p-2. The first-order chi connectivity index (χ1) is 3.13. The van der Waals surface area contributed by atoms with Crippen LogP contribution in [0.2, 0.25) is 0 Å². The minimum Gasteiger partial charge on any atom is -1.00 e. The molecule has 1 N–H and O–H groups in total. The number of aliphatic hydroxyl groups is 1. The average Bonchev–Trinajstić information content (AvgIpc) is 1.27. The van der Waals surface area contributed by atoms with Crippen molar-refractivity contribution in [1.82, 2.24) is 0 Å². The van der Waals surface area contributed by atoms with Crippen molar-refractivity contribution in [1.29, 1.82) is 0 Å². The first-order valence-corrected chi connectivity index (χ1v) is 2.01.